The number of amides is 2. The Morgan fingerprint density at radius 3 is 2.41 bits per heavy atom. The van der Waals surface area contributed by atoms with Gasteiger partial charge in [-0.1, -0.05) is 0 Å². The lowest BCUT2D eigenvalue weighted by Gasteiger charge is -2.25. The van der Waals surface area contributed by atoms with Gasteiger partial charge in [-0.25, -0.2) is 4.79 Å². The molecule has 0 atom stereocenters. The number of nitrogens with one attached hydrogen (secondary N) is 2. The molecule has 0 radical (unpaired) electrons. The number of carboxylic acids is 1. The summed E-state index contributed by atoms with van der Waals surface area (Å²) in [5, 5.41) is 14.2. The Hall–Kier alpha value is -0.910. The number of carbonyl (C=O) groups excluding carboxylic acids is 1. The van der Waals surface area contributed by atoms with Gasteiger partial charge < -0.3 is 15.7 Å². The highest BCUT2D eigenvalue weighted by molar-refractivity contribution is 8.00. The van der Waals surface area contributed by atoms with Crippen LogP contribution in [-0.2, 0) is 4.79 Å². The van der Waals surface area contributed by atoms with Gasteiger partial charge in [-0.15, -0.1) is 0 Å². The first-order valence-electron chi connectivity index (χ1n) is 5.62. The zero-order valence-electron chi connectivity index (χ0n) is 10.5. The fraction of sp³-hybridized carbons (Fsp3) is 0.818. The molecule has 0 bridgehead atoms. The van der Waals surface area contributed by atoms with Crippen LogP contribution in [0.4, 0.5) is 4.79 Å². The molecule has 17 heavy (non-hydrogen) atoms. The maximum absolute atomic E-state index is 11.6. The van der Waals surface area contributed by atoms with E-state index in [1.165, 1.54) is 0 Å². The average Bonchev–Trinajstić information content (AvgIpc) is 2.92. The third-order valence-electron chi connectivity index (χ3n) is 2.86. The molecule has 0 aliphatic heterocycles. The van der Waals surface area contributed by atoms with Crippen molar-refractivity contribution < 1.29 is 14.7 Å². The van der Waals surface area contributed by atoms with Crippen LogP contribution in [0.1, 0.15) is 33.1 Å². The number of aliphatic carboxylic acids is 1. The molecule has 98 valence electrons. The number of hydrogen-bond acceptors (Lipinski definition) is 3. The van der Waals surface area contributed by atoms with Crippen molar-refractivity contribution in [2.45, 2.75) is 43.4 Å². The topological polar surface area (TPSA) is 78.4 Å². The SMILES string of the molecule is CSC1(CNC(=O)NC(C)(C)CC(=O)O)CC1. The lowest BCUT2D eigenvalue weighted by atomic mass is 10.0. The second-order valence-corrected chi connectivity index (χ2v) is 6.42. The fourth-order valence-electron chi connectivity index (χ4n) is 1.61. The Morgan fingerprint density at radius 2 is 2.00 bits per heavy atom. The van der Waals surface area contributed by atoms with Crippen molar-refractivity contribution in [2.24, 2.45) is 0 Å². The minimum Gasteiger partial charge on any atom is -0.481 e. The second kappa shape index (κ2) is 5.16. The Bertz CT molecular complexity index is 314. The second-order valence-electron chi connectivity index (χ2n) is 5.15. The largest absolute Gasteiger partial charge is 0.481 e. The van der Waals surface area contributed by atoms with Crippen LogP contribution in [0, 0.1) is 0 Å². The molecule has 0 heterocycles. The number of urea groups is 1. The molecule has 0 spiro atoms. The molecule has 1 rings (SSSR count). The van der Waals surface area contributed by atoms with Crippen molar-refractivity contribution in [2.75, 3.05) is 12.8 Å². The van der Waals surface area contributed by atoms with Gasteiger partial charge in [0.1, 0.15) is 0 Å². The van der Waals surface area contributed by atoms with E-state index in [4.69, 9.17) is 5.11 Å². The van der Waals surface area contributed by atoms with Crippen LogP contribution in [0.2, 0.25) is 0 Å². The molecule has 6 heteroatoms. The first-order chi connectivity index (χ1) is 7.79. The van der Waals surface area contributed by atoms with E-state index in [1.807, 2.05) is 6.26 Å². The van der Waals surface area contributed by atoms with Gasteiger partial charge in [0.25, 0.3) is 0 Å². The van der Waals surface area contributed by atoms with Gasteiger partial charge >= 0.3 is 12.0 Å². The average molecular weight is 260 g/mol. The Kier molecular flexibility index (Phi) is 4.30. The molecule has 0 unspecified atom stereocenters. The summed E-state index contributed by atoms with van der Waals surface area (Å²) in [6.07, 6.45) is 4.22. The van der Waals surface area contributed by atoms with Gasteiger partial charge in [-0.3, -0.25) is 4.79 Å². The Labute approximate surface area is 106 Å². The van der Waals surface area contributed by atoms with E-state index in [9.17, 15) is 9.59 Å². The Balaban J connectivity index is 2.31. The van der Waals surface area contributed by atoms with E-state index in [0.717, 1.165) is 12.8 Å². The third kappa shape index (κ3) is 4.85. The molecule has 1 aliphatic carbocycles. The first kappa shape index (κ1) is 14.2. The van der Waals surface area contributed by atoms with Gasteiger partial charge in [-0.2, -0.15) is 11.8 Å². The minimum absolute atomic E-state index is 0.0892. The van der Waals surface area contributed by atoms with Crippen molar-refractivity contribution in [3.05, 3.63) is 0 Å². The molecule has 0 aromatic heterocycles. The molecular formula is C11H20N2O3S. The van der Waals surface area contributed by atoms with E-state index in [0.29, 0.717) is 6.54 Å². The highest BCUT2D eigenvalue weighted by Gasteiger charge is 2.42. The summed E-state index contributed by atoms with van der Waals surface area (Å²) in [7, 11) is 0. The highest BCUT2D eigenvalue weighted by atomic mass is 32.2. The maximum Gasteiger partial charge on any atom is 0.315 e. The third-order valence-corrected chi connectivity index (χ3v) is 4.28. The number of rotatable bonds is 6. The monoisotopic (exact) mass is 260 g/mol. The van der Waals surface area contributed by atoms with E-state index < -0.39 is 11.5 Å². The van der Waals surface area contributed by atoms with Crippen LogP contribution in [0.15, 0.2) is 0 Å². The van der Waals surface area contributed by atoms with Crippen molar-refractivity contribution in [1.29, 1.82) is 0 Å². The maximum atomic E-state index is 11.6. The minimum atomic E-state index is -0.918. The number of carbonyl (C=O) groups is 2. The van der Waals surface area contributed by atoms with Gasteiger partial charge in [0.15, 0.2) is 0 Å². The summed E-state index contributed by atoms with van der Waals surface area (Å²) >= 11 is 1.77. The van der Waals surface area contributed by atoms with Gasteiger partial charge in [-0.05, 0) is 32.9 Å². The van der Waals surface area contributed by atoms with Gasteiger partial charge in [0.2, 0.25) is 0 Å². The molecule has 5 nitrogen and oxygen atoms in total. The van der Waals surface area contributed by atoms with Crippen LogP contribution < -0.4 is 10.6 Å². The van der Waals surface area contributed by atoms with Crippen LogP contribution in [0.3, 0.4) is 0 Å². The zero-order valence-corrected chi connectivity index (χ0v) is 11.3. The quantitative estimate of drug-likeness (QED) is 0.675. The van der Waals surface area contributed by atoms with Crippen LogP contribution >= 0.6 is 11.8 Å². The summed E-state index contributed by atoms with van der Waals surface area (Å²) < 4.78 is 0.217. The zero-order chi connectivity index (χ0) is 13.1. The van der Waals surface area contributed by atoms with Crippen LogP contribution in [0.25, 0.3) is 0 Å². The first-order valence-corrected chi connectivity index (χ1v) is 6.84. The molecule has 3 N–H and O–H groups in total. The van der Waals surface area contributed by atoms with Crippen molar-refractivity contribution >= 4 is 23.8 Å². The van der Waals surface area contributed by atoms with E-state index in [-0.39, 0.29) is 17.2 Å². The van der Waals surface area contributed by atoms with Crippen LogP contribution in [0.5, 0.6) is 0 Å². The smallest absolute Gasteiger partial charge is 0.315 e. The van der Waals surface area contributed by atoms with Crippen LogP contribution in [-0.4, -0.2) is 40.2 Å². The van der Waals surface area contributed by atoms with E-state index >= 15 is 0 Å². The predicted octanol–water partition coefficient (Wildman–Crippen LogP) is 1.43. The van der Waals surface area contributed by atoms with Crippen molar-refractivity contribution in [3.63, 3.8) is 0 Å². The standard InChI is InChI=1S/C11H20N2O3S/c1-10(2,6-8(14)15)13-9(16)12-7-11(17-3)4-5-11/h4-7H2,1-3H3,(H,14,15)(H2,12,13,16). The molecule has 0 saturated heterocycles. The molecule has 1 aliphatic rings. The summed E-state index contributed by atoms with van der Waals surface area (Å²) in [4.78, 5) is 22.2. The molecule has 0 aromatic carbocycles. The lowest BCUT2D eigenvalue weighted by Crippen LogP contribution is -2.50. The molecular weight excluding hydrogens is 240 g/mol. The molecule has 1 fully saturated rings. The predicted molar refractivity (Wildman–Crippen MR) is 68.3 cm³/mol. The summed E-state index contributed by atoms with van der Waals surface area (Å²) in [5.41, 5.74) is -0.730. The van der Waals surface area contributed by atoms with Crippen molar-refractivity contribution in [3.8, 4) is 0 Å². The number of hydrogen-bond donors (Lipinski definition) is 3. The van der Waals surface area contributed by atoms with Gasteiger partial charge in [0.05, 0.1) is 6.42 Å². The summed E-state index contributed by atoms with van der Waals surface area (Å²) in [5.74, 6) is -0.918. The molecule has 0 aromatic rings. The number of thioether (sulfide) groups is 1. The van der Waals surface area contributed by atoms with E-state index in [2.05, 4.69) is 10.6 Å². The summed E-state index contributed by atoms with van der Waals surface area (Å²) in [6.45, 7) is 4.04. The van der Waals surface area contributed by atoms with Gasteiger partial charge in [0, 0.05) is 16.8 Å². The normalized spacial score (nSPS) is 17.4. The number of carboxylic acid groups (broad SMARTS) is 1. The Morgan fingerprint density at radius 1 is 1.41 bits per heavy atom. The van der Waals surface area contributed by atoms with E-state index in [1.54, 1.807) is 25.6 Å². The molecule has 1 saturated carbocycles. The highest BCUT2D eigenvalue weighted by Crippen LogP contribution is 2.46. The fourth-order valence-corrected chi connectivity index (χ4v) is 2.33. The molecule has 2 amide bonds. The van der Waals surface area contributed by atoms with Crippen molar-refractivity contribution in [1.82, 2.24) is 10.6 Å². The lowest BCUT2D eigenvalue weighted by molar-refractivity contribution is -0.138. The summed E-state index contributed by atoms with van der Waals surface area (Å²) in [6, 6.07) is -0.295.